The molecule has 0 saturated carbocycles. The first-order chi connectivity index (χ1) is 15.3. The third-order valence-electron chi connectivity index (χ3n) is 4.36. The van der Waals surface area contributed by atoms with E-state index in [4.69, 9.17) is 4.74 Å². The van der Waals surface area contributed by atoms with Gasteiger partial charge in [0, 0.05) is 24.8 Å². The molecule has 2 aromatic carbocycles. The molecule has 0 spiro atoms. The number of carbonyl (C=O) groups excluding carboxylic acids is 1. The van der Waals surface area contributed by atoms with Crippen LogP contribution >= 0.6 is 0 Å². The smallest absolute Gasteiger partial charge is 0.548 e. The Hall–Kier alpha value is -2.93. The maximum Gasteiger partial charge on any atom is 1.00 e. The van der Waals surface area contributed by atoms with Crippen LogP contribution in [0, 0.1) is 20.2 Å². The number of carboxylic acids is 1. The van der Waals surface area contributed by atoms with Crippen LogP contribution in [-0.4, -0.2) is 42.1 Å². The van der Waals surface area contributed by atoms with Crippen LogP contribution in [0.5, 0.6) is 0 Å². The van der Waals surface area contributed by atoms with Crippen molar-refractivity contribution in [1.29, 1.82) is 0 Å². The zero-order valence-electron chi connectivity index (χ0n) is 18.4. The van der Waals surface area contributed by atoms with Crippen LogP contribution in [0.3, 0.4) is 0 Å². The number of aliphatic carboxylic acids is 1. The topological polar surface area (TPSA) is 164 Å². The normalized spacial score (nSPS) is 10.6. The number of unbranched alkanes of at least 4 members (excludes halogenated alkanes) is 1. The largest absolute Gasteiger partial charge is 1.00 e. The van der Waals surface area contributed by atoms with Crippen LogP contribution in [0.25, 0.3) is 0 Å². The summed E-state index contributed by atoms with van der Waals surface area (Å²) >= 11 is 0. The quantitative estimate of drug-likeness (QED) is 0.133. The summed E-state index contributed by atoms with van der Waals surface area (Å²) in [6.07, 6.45) is 1.92. The number of rotatable bonds is 13. The molecule has 0 aliphatic rings. The molecule has 0 N–H and O–H groups in total. The predicted molar refractivity (Wildman–Crippen MR) is 113 cm³/mol. The summed E-state index contributed by atoms with van der Waals surface area (Å²) in [5.41, 5.74) is 0.290. The van der Waals surface area contributed by atoms with Crippen molar-refractivity contribution in [2.45, 2.75) is 19.8 Å². The number of carbonyl (C=O) groups is 1. The number of hydrogen-bond acceptors (Lipinski definition) is 10. The molecule has 12 nitrogen and oxygen atoms in total. The van der Waals surface area contributed by atoms with Crippen molar-refractivity contribution >= 4 is 34.4 Å². The van der Waals surface area contributed by atoms with E-state index in [1.807, 2.05) is 4.90 Å². The summed E-state index contributed by atoms with van der Waals surface area (Å²) in [5.74, 6) is -1.27. The fraction of sp³-hybridized carbons (Fsp3) is 0.350. The fourth-order valence-corrected chi connectivity index (χ4v) is 2.75. The SMILES string of the molecule is CCCCN(CCOCC(=O)[O-])c1ccc(N=Nc2ccc([N+](=O)[O-])cc2[N+](=O)[O-])cc1.[Na+]. The maximum atomic E-state index is 11.2. The van der Waals surface area contributed by atoms with Gasteiger partial charge in [-0.1, -0.05) is 13.3 Å². The van der Waals surface area contributed by atoms with Gasteiger partial charge in [0.15, 0.2) is 5.69 Å². The van der Waals surface area contributed by atoms with E-state index in [1.54, 1.807) is 24.3 Å². The summed E-state index contributed by atoms with van der Waals surface area (Å²) < 4.78 is 5.06. The number of ether oxygens (including phenoxy) is 1. The van der Waals surface area contributed by atoms with E-state index in [1.165, 1.54) is 6.07 Å². The molecule has 0 aliphatic heterocycles. The summed E-state index contributed by atoms with van der Waals surface area (Å²) in [4.78, 5) is 33.0. The number of anilines is 1. The molecule has 0 unspecified atom stereocenters. The molecule has 0 aliphatic carbocycles. The Balaban J connectivity index is 0.00000544. The second-order valence-electron chi connectivity index (χ2n) is 6.67. The van der Waals surface area contributed by atoms with Crippen molar-refractivity contribution in [2.24, 2.45) is 10.2 Å². The molecule has 0 aromatic heterocycles. The Morgan fingerprint density at radius 3 is 2.30 bits per heavy atom. The van der Waals surface area contributed by atoms with Gasteiger partial charge >= 0.3 is 35.2 Å². The van der Waals surface area contributed by atoms with Crippen LogP contribution in [0.2, 0.25) is 0 Å². The Kier molecular flexibility index (Phi) is 12.1. The number of benzene rings is 2. The molecule has 0 radical (unpaired) electrons. The molecule has 33 heavy (non-hydrogen) atoms. The second-order valence-corrected chi connectivity index (χ2v) is 6.67. The standard InChI is InChI=1S/C20H23N5O7.Na/c1-2-3-10-23(11-12-32-14-20(26)27)16-6-4-15(5-7-16)21-22-18-9-8-17(24(28)29)13-19(18)25(30)31;/h4-9,13H,2-3,10-12,14H2,1H3,(H,26,27);/q;+1/p-1. The van der Waals surface area contributed by atoms with Crippen molar-refractivity contribution in [1.82, 2.24) is 0 Å². The number of non-ortho nitro benzene ring substituents is 1. The van der Waals surface area contributed by atoms with Gasteiger partial charge in [-0.25, -0.2) is 0 Å². The van der Waals surface area contributed by atoms with Crippen LogP contribution in [0.4, 0.5) is 28.4 Å². The van der Waals surface area contributed by atoms with Gasteiger partial charge in [-0.2, -0.15) is 5.11 Å². The van der Waals surface area contributed by atoms with Crippen LogP contribution in [-0.2, 0) is 9.53 Å². The van der Waals surface area contributed by atoms with Crippen LogP contribution < -0.4 is 39.6 Å². The van der Waals surface area contributed by atoms with Crippen LogP contribution in [0.1, 0.15) is 19.8 Å². The number of hydrogen-bond donors (Lipinski definition) is 0. The van der Waals surface area contributed by atoms with E-state index in [0.29, 0.717) is 12.2 Å². The summed E-state index contributed by atoms with van der Waals surface area (Å²) in [6, 6.07) is 10.1. The Morgan fingerprint density at radius 1 is 1.03 bits per heavy atom. The van der Waals surface area contributed by atoms with Gasteiger partial charge in [-0.15, -0.1) is 5.11 Å². The molecule has 13 heteroatoms. The molecule has 0 bridgehead atoms. The van der Waals surface area contributed by atoms with E-state index in [-0.39, 0.29) is 41.9 Å². The predicted octanol–water partition coefficient (Wildman–Crippen LogP) is 0.295. The molecular weight excluding hydrogens is 445 g/mol. The van der Waals surface area contributed by atoms with Gasteiger partial charge in [0.25, 0.3) is 5.69 Å². The molecule has 0 atom stereocenters. The number of azo groups is 1. The number of carboxylic acid groups (broad SMARTS) is 1. The Morgan fingerprint density at radius 2 is 1.73 bits per heavy atom. The summed E-state index contributed by atoms with van der Waals surface area (Å²) in [7, 11) is 0. The van der Waals surface area contributed by atoms with Gasteiger partial charge in [0.1, 0.15) is 0 Å². The minimum atomic E-state index is -1.27. The monoisotopic (exact) mass is 467 g/mol. The molecule has 0 amide bonds. The van der Waals surface area contributed by atoms with E-state index >= 15 is 0 Å². The van der Waals surface area contributed by atoms with E-state index in [9.17, 15) is 30.1 Å². The number of nitro groups is 2. The first-order valence-corrected chi connectivity index (χ1v) is 9.79. The molecule has 0 saturated heterocycles. The first-order valence-electron chi connectivity index (χ1n) is 9.79. The fourth-order valence-electron chi connectivity index (χ4n) is 2.75. The summed E-state index contributed by atoms with van der Waals surface area (Å²) in [6.45, 7) is 3.06. The molecule has 0 fully saturated rings. The molecule has 2 aromatic rings. The van der Waals surface area contributed by atoms with Crippen molar-refractivity contribution in [3.8, 4) is 0 Å². The minimum Gasteiger partial charge on any atom is -0.548 e. The van der Waals surface area contributed by atoms with E-state index in [2.05, 4.69) is 17.2 Å². The molecular formula is C20H22N5NaO7. The van der Waals surface area contributed by atoms with Crippen molar-refractivity contribution in [3.05, 3.63) is 62.7 Å². The molecule has 2 rings (SSSR count). The van der Waals surface area contributed by atoms with Crippen molar-refractivity contribution < 1.29 is 54.0 Å². The van der Waals surface area contributed by atoms with E-state index < -0.39 is 33.8 Å². The minimum absolute atomic E-state index is 0. The van der Waals surface area contributed by atoms with Gasteiger partial charge in [0.05, 0.1) is 40.8 Å². The molecule has 0 heterocycles. The Labute approximate surface area is 211 Å². The van der Waals surface area contributed by atoms with Crippen molar-refractivity contribution in [2.75, 3.05) is 31.2 Å². The summed E-state index contributed by atoms with van der Waals surface area (Å²) in [5, 5.41) is 40.3. The van der Waals surface area contributed by atoms with E-state index in [0.717, 1.165) is 37.2 Å². The first kappa shape index (κ1) is 28.1. The van der Waals surface area contributed by atoms with Gasteiger partial charge < -0.3 is 19.5 Å². The average molecular weight is 467 g/mol. The zero-order valence-corrected chi connectivity index (χ0v) is 20.4. The van der Waals surface area contributed by atoms with Gasteiger partial charge in [0.2, 0.25) is 0 Å². The zero-order chi connectivity index (χ0) is 23.5. The van der Waals surface area contributed by atoms with Crippen LogP contribution in [0.15, 0.2) is 52.7 Å². The third-order valence-corrected chi connectivity index (χ3v) is 4.36. The molecule has 170 valence electrons. The maximum absolute atomic E-state index is 11.2. The van der Waals surface area contributed by atoms with Crippen molar-refractivity contribution in [3.63, 3.8) is 0 Å². The number of nitrogens with zero attached hydrogens (tertiary/aromatic N) is 5. The van der Waals surface area contributed by atoms with Gasteiger partial charge in [-0.05, 0) is 36.8 Å². The average Bonchev–Trinajstić information content (AvgIpc) is 2.77. The third kappa shape index (κ3) is 9.22. The second kappa shape index (κ2) is 14.3. The van der Waals surface area contributed by atoms with Gasteiger partial charge in [-0.3, -0.25) is 20.2 Å². The Bertz CT molecular complexity index is 985. The number of nitro benzene ring substituents is 2.